The van der Waals surface area contributed by atoms with E-state index in [9.17, 15) is 4.79 Å². The number of carbonyl (C=O) groups excluding carboxylic acids is 1. The van der Waals surface area contributed by atoms with Gasteiger partial charge < -0.3 is 5.32 Å². The van der Waals surface area contributed by atoms with Crippen molar-refractivity contribution in [1.82, 2.24) is 24.8 Å². The van der Waals surface area contributed by atoms with Crippen LogP contribution in [0.1, 0.15) is 11.4 Å². The first kappa shape index (κ1) is 10.3. The van der Waals surface area contributed by atoms with Crippen LogP contribution in [-0.4, -0.2) is 25.6 Å². The Balaban J connectivity index is 1.93. The number of imidazole rings is 1. The molecule has 0 saturated carbocycles. The van der Waals surface area contributed by atoms with Crippen LogP contribution in [0.2, 0.25) is 0 Å². The highest BCUT2D eigenvalue weighted by molar-refractivity contribution is 5.76. The molecule has 0 aliphatic rings. The summed E-state index contributed by atoms with van der Waals surface area (Å²) >= 11 is 0. The summed E-state index contributed by atoms with van der Waals surface area (Å²) in [6.45, 7) is 2.21. The largest absolute Gasteiger partial charge is 0.332 e. The zero-order valence-corrected chi connectivity index (χ0v) is 8.79. The minimum atomic E-state index is -0.236. The molecule has 6 heteroatoms. The van der Waals surface area contributed by atoms with Gasteiger partial charge in [-0.2, -0.15) is 0 Å². The molecule has 6 nitrogen and oxygen atoms in total. The van der Waals surface area contributed by atoms with E-state index < -0.39 is 0 Å². The molecular weight excluding hydrogens is 206 g/mol. The predicted molar refractivity (Wildman–Crippen MR) is 56.6 cm³/mol. The molecule has 0 aliphatic carbocycles. The van der Waals surface area contributed by atoms with Crippen molar-refractivity contribution in [3.8, 4) is 0 Å². The summed E-state index contributed by atoms with van der Waals surface area (Å²) in [5.74, 6) is 0. The second-order valence-electron chi connectivity index (χ2n) is 3.28. The Bertz CT molecular complexity index is 462. The minimum Gasteiger partial charge on any atom is -0.332 e. The summed E-state index contributed by atoms with van der Waals surface area (Å²) in [5, 5.41) is 2.70. The van der Waals surface area contributed by atoms with Crippen LogP contribution in [0.3, 0.4) is 0 Å². The third-order valence-corrected chi connectivity index (χ3v) is 1.99. The van der Waals surface area contributed by atoms with Crippen molar-refractivity contribution in [2.75, 3.05) is 0 Å². The fourth-order valence-electron chi connectivity index (χ4n) is 1.15. The normalized spacial score (nSPS) is 10.1. The van der Waals surface area contributed by atoms with Gasteiger partial charge in [0.2, 0.25) is 0 Å². The molecule has 2 rings (SSSR count). The summed E-state index contributed by atoms with van der Waals surface area (Å²) in [6.07, 6.45) is 7.87. The first-order chi connectivity index (χ1) is 7.75. The van der Waals surface area contributed by atoms with Gasteiger partial charge in [-0.05, 0) is 6.92 Å². The molecule has 0 aromatic carbocycles. The standard InChI is InChI=1S/C10H11N5O/c1-8-4-13-9(5-12-8)6-14-10(16)15-3-2-11-7-15/h2-5,7H,6H2,1H3,(H,14,16). The van der Waals surface area contributed by atoms with Gasteiger partial charge in [0.15, 0.2) is 0 Å². The van der Waals surface area contributed by atoms with Crippen LogP contribution in [0.15, 0.2) is 31.1 Å². The average molecular weight is 217 g/mol. The summed E-state index contributed by atoms with van der Waals surface area (Å²) in [4.78, 5) is 23.5. The summed E-state index contributed by atoms with van der Waals surface area (Å²) in [7, 11) is 0. The van der Waals surface area contributed by atoms with Crippen molar-refractivity contribution in [2.45, 2.75) is 13.5 Å². The van der Waals surface area contributed by atoms with E-state index in [1.807, 2.05) is 6.92 Å². The van der Waals surface area contributed by atoms with Crippen LogP contribution >= 0.6 is 0 Å². The quantitative estimate of drug-likeness (QED) is 0.805. The summed E-state index contributed by atoms with van der Waals surface area (Å²) < 4.78 is 1.36. The number of aromatic nitrogens is 4. The lowest BCUT2D eigenvalue weighted by Gasteiger charge is -2.04. The Morgan fingerprint density at radius 1 is 1.44 bits per heavy atom. The number of nitrogens with zero attached hydrogens (tertiary/aromatic N) is 4. The van der Waals surface area contributed by atoms with Crippen LogP contribution in [0.25, 0.3) is 0 Å². The number of carbonyl (C=O) groups is 1. The van der Waals surface area contributed by atoms with Gasteiger partial charge in [-0.3, -0.25) is 14.5 Å². The van der Waals surface area contributed by atoms with E-state index in [1.54, 1.807) is 24.8 Å². The first-order valence-electron chi connectivity index (χ1n) is 4.79. The highest BCUT2D eigenvalue weighted by Crippen LogP contribution is 1.94. The molecule has 1 N–H and O–H groups in total. The molecule has 0 spiro atoms. The predicted octanol–water partition coefficient (Wildman–Crippen LogP) is 0.739. The molecular formula is C10H11N5O. The summed E-state index contributed by atoms with van der Waals surface area (Å²) in [6, 6.07) is -0.236. The Hall–Kier alpha value is -2.24. The molecule has 2 aromatic rings. The van der Waals surface area contributed by atoms with Crippen molar-refractivity contribution >= 4 is 6.03 Å². The zero-order chi connectivity index (χ0) is 11.4. The van der Waals surface area contributed by atoms with Crippen LogP contribution in [0.5, 0.6) is 0 Å². The van der Waals surface area contributed by atoms with E-state index in [1.165, 1.54) is 10.9 Å². The third-order valence-electron chi connectivity index (χ3n) is 1.99. The molecule has 0 saturated heterocycles. The van der Waals surface area contributed by atoms with Crippen molar-refractivity contribution in [3.05, 3.63) is 42.5 Å². The molecule has 0 aliphatic heterocycles. The van der Waals surface area contributed by atoms with Crippen LogP contribution in [0.4, 0.5) is 4.79 Å². The van der Waals surface area contributed by atoms with E-state index in [4.69, 9.17) is 0 Å². The molecule has 0 fully saturated rings. The van der Waals surface area contributed by atoms with Gasteiger partial charge in [0.25, 0.3) is 0 Å². The van der Waals surface area contributed by atoms with E-state index >= 15 is 0 Å². The van der Waals surface area contributed by atoms with Gasteiger partial charge in [0, 0.05) is 18.6 Å². The number of aryl methyl sites for hydroxylation is 1. The van der Waals surface area contributed by atoms with E-state index in [-0.39, 0.29) is 6.03 Å². The van der Waals surface area contributed by atoms with Crippen LogP contribution in [0, 0.1) is 6.92 Å². The maximum Gasteiger partial charge on any atom is 0.327 e. The topological polar surface area (TPSA) is 72.7 Å². The maximum atomic E-state index is 11.5. The van der Waals surface area contributed by atoms with E-state index in [0.717, 1.165) is 11.4 Å². The van der Waals surface area contributed by atoms with E-state index in [0.29, 0.717) is 6.54 Å². The zero-order valence-electron chi connectivity index (χ0n) is 8.79. The van der Waals surface area contributed by atoms with Crippen molar-refractivity contribution in [1.29, 1.82) is 0 Å². The number of rotatable bonds is 2. The molecule has 0 bridgehead atoms. The lowest BCUT2D eigenvalue weighted by atomic mass is 10.4. The molecule has 0 atom stereocenters. The fraction of sp³-hybridized carbons (Fsp3) is 0.200. The monoisotopic (exact) mass is 217 g/mol. The van der Waals surface area contributed by atoms with Gasteiger partial charge >= 0.3 is 6.03 Å². The van der Waals surface area contributed by atoms with Crippen molar-refractivity contribution in [3.63, 3.8) is 0 Å². The molecule has 16 heavy (non-hydrogen) atoms. The number of hydrogen-bond acceptors (Lipinski definition) is 4. The highest BCUT2D eigenvalue weighted by atomic mass is 16.2. The number of amides is 1. The SMILES string of the molecule is Cc1cnc(CNC(=O)n2ccnc2)cn1. The van der Waals surface area contributed by atoms with Gasteiger partial charge in [0.1, 0.15) is 6.33 Å². The number of hydrogen-bond donors (Lipinski definition) is 1. The van der Waals surface area contributed by atoms with Crippen molar-refractivity contribution in [2.24, 2.45) is 0 Å². The van der Waals surface area contributed by atoms with E-state index in [2.05, 4.69) is 20.3 Å². The molecule has 2 heterocycles. The third kappa shape index (κ3) is 2.41. The second kappa shape index (κ2) is 4.52. The number of nitrogens with one attached hydrogen (secondary N) is 1. The summed E-state index contributed by atoms with van der Waals surface area (Å²) in [5.41, 5.74) is 1.57. The highest BCUT2D eigenvalue weighted by Gasteiger charge is 2.03. The Labute approximate surface area is 92.4 Å². The lowest BCUT2D eigenvalue weighted by molar-refractivity contribution is 0.242. The maximum absolute atomic E-state index is 11.5. The minimum absolute atomic E-state index is 0.236. The lowest BCUT2D eigenvalue weighted by Crippen LogP contribution is -2.27. The second-order valence-corrected chi connectivity index (χ2v) is 3.28. The molecule has 0 radical (unpaired) electrons. The Morgan fingerprint density at radius 2 is 2.31 bits per heavy atom. The first-order valence-corrected chi connectivity index (χ1v) is 4.79. The average Bonchev–Trinajstić information content (AvgIpc) is 2.81. The molecule has 82 valence electrons. The molecule has 0 unspecified atom stereocenters. The van der Waals surface area contributed by atoms with Gasteiger partial charge in [-0.25, -0.2) is 9.78 Å². The molecule has 2 aromatic heterocycles. The Kier molecular flexibility index (Phi) is 2.90. The molecule has 1 amide bonds. The van der Waals surface area contributed by atoms with Gasteiger partial charge in [-0.1, -0.05) is 0 Å². The van der Waals surface area contributed by atoms with Crippen LogP contribution in [-0.2, 0) is 6.54 Å². The Morgan fingerprint density at radius 3 is 2.94 bits per heavy atom. The van der Waals surface area contributed by atoms with Crippen molar-refractivity contribution < 1.29 is 4.79 Å². The fourth-order valence-corrected chi connectivity index (χ4v) is 1.15. The van der Waals surface area contributed by atoms with Crippen LogP contribution < -0.4 is 5.32 Å². The smallest absolute Gasteiger partial charge is 0.327 e. The van der Waals surface area contributed by atoms with Gasteiger partial charge in [-0.15, -0.1) is 0 Å². The van der Waals surface area contributed by atoms with Gasteiger partial charge in [0.05, 0.1) is 24.1 Å².